The number of hydrogen-bond acceptors (Lipinski definition) is 3. The van der Waals surface area contributed by atoms with Crippen LogP contribution < -0.4 is 9.47 Å². The van der Waals surface area contributed by atoms with Crippen LogP contribution in [0.4, 0.5) is 8.78 Å². The minimum absolute atomic E-state index is 0.122. The Hall–Kier alpha value is -3.41. The van der Waals surface area contributed by atoms with Crippen molar-refractivity contribution < 1.29 is 18.3 Å². The molecule has 0 atom stereocenters. The topological polar surface area (TPSA) is 35.8 Å². The number of aromatic nitrogens is 2. The predicted octanol–water partition coefficient (Wildman–Crippen LogP) is 6.06. The molecule has 0 bridgehead atoms. The zero-order valence-corrected chi connectivity index (χ0v) is 16.0. The molecule has 148 valence electrons. The van der Waals surface area contributed by atoms with Gasteiger partial charge < -0.3 is 9.47 Å². The smallest absolute Gasteiger partial charge is 0.387 e. The molecule has 4 nitrogen and oxygen atoms in total. The maximum absolute atomic E-state index is 12.3. The Morgan fingerprint density at radius 2 is 1.34 bits per heavy atom. The van der Waals surface area contributed by atoms with Crippen LogP contribution in [0.5, 0.6) is 11.5 Å². The molecule has 4 aromatic rings. The van der Waals surface area contributed by atoms with Crippen molar-refractivity contribution in [3.8, 4) is 33.9 Å². The molecule has 29 heavy (non-hydrogen) atoms. The number of nitrogens with zero attached hydrogens (tertiary/aromatic N) is 2. The average molecular weight is 394 g/mol. The van der Waals surface area contributed by atoms with Crippen LogP contribution in [0.15, 0.2) is 73.1 Å². The summed E-state index contributed by atoms with van der Waals surface area (Å²) in [7, 11) is 0. The predicted molar refractivity (Wildman–Crippen MR) is 108 cm³/mol. The highest BCUT2D eigenvalue weighted by Gasteiger charge is 2.09. The van der Waals surface area contributed by atoms with E-state index < -0.39 is 6.61 Å². The van der Waals surface area contributed by atoms with E-state index in [-0.39, 0.29) is 11.9 Å². The summed E-state index contributed by atoms with van der Waals surface area (Å²) in [6.07, 6.45) is 3.94. The summed E-state index contributed by atoms with van der Waals surface area (Å²) < 4.78 is 36.8. The van der Waals surface area contributed by atoms with Crippen LogP contribution in [0.2, 0.25) is 0 Å². The molecule has 0 saturated heterocycles. The van der Waals surface area contributed by atoms with E-state index in [1.165, 1.54) is 12.1 Å². The molecule has 2 aromatic carbocycles. The van der Waals surface area contributed by atoms with Gasteiger partial charge in [-0.15, -0.1) is 0 Å². The number of halogens is 2. The largest absolute Gasteiger partial charge is 0.491 e. The number of rotatable bonds is 6. The number of imidazole rings is 1. The normalized spacial score (nSPS) is 11.4. The van der Waals surface area contributed by atoms with Crippen molar-refractivity contribution in [2.45, 2.75) is 26.6 Å². The molecule has 0 N–H and O–H groups in total. The first-order valence-corrected chi connectivity index (χ1v) is 9.29. The first kappa shape index (κ1) is 18.9. The molecule has 2 heterocycles. The van der Waals surface area contributed by atoms with Gasteiger partial charge in [0, 0.05) is 11.8 Å². The van der Waals surface area contributed by atoms with E-state index in [1.54, 1.807) is 12.1 Å². The first-order valence-electron chi connectivity index (χ1n) is 9.29. The summed E-state index contributed by atoms with van der Waals surface area (Å²) in [6.45, 7) is 1.15. The van der Waals surface area contributed by atoms with E-state index >= 15 is 0 Å². The SMILES string of the molecule is CC(C)Oc1ccc(-c2cnc3ccc(-c4ccc(OC(F)F)cc4)cn23)cc1. The zero-order valence-electron chi connectivity index (χ0n) is 16.0. The van der Waals surface area contributed by atoms with Crippen LogP contribution in [0.3, 0.4) is 0 Å². The van der Waals surface area contributed by atoms with Gasteiger partial charge in [0.15, 0.2) is 0 Å². The Morgan fingerprint density at radius 1 is 0.759 bits per heavy atom. The highest BCUT2D eigenvalue weighted by Crippen LogP contribution is 2.28. The summed E-state index contributed by atoms with van der Waals surface area (Å²) in [6, 6.07) is 18.4. The number of pyridine rings is 1. The van der Waals surface area contributed by atoms with Gasteiger partial charge >= 0.3 is 6.61 Å². The minimum Gasteiger partial charge on any atom is -0.491 e. The Labute approximate surface area is 167 Å². The van der Waals surface area contributed by atoms with Gasteiger partial charge in [-0.2, -0.15) is 8.78 Å². The number of benzene rings is 2. The van der Waals surface area contributed by atoms with Gasteiger partial charge in [0.25, 0.3) is 0 Å². The van der Waals surface area contributed by atoms with Crippen molar-refractivity contribution in [1.29, 1.82) is 0 Å². The fraction of sp³-hybridized carbons (Fsp3) is 0.174. The second kappa shape index (κ2) is 7.91. The molecule has 0 unspecified atom stereocenters. The molecule has 6 heteroatoms. The average Bonchev–Trinajstić information content (AvgIpc) is 3.11. The summed E-state index contributed by atoms with van der Waals surface area (Å²) in [4.78, 5) is 4.48. The van der Waals surface area contributed by atoms with E-state index in [2.05, 4.69) is 9.72 Å². The van der Waals surface area contributed by atoms with Gasteiger partial charge in [-0.1, -0.05) is 12.1 Å². The van der Waals surface area contributed by atoms with Crippen molar-refractivity contribution in [1.82, 2.24) is 9.38 Å². The fourth-order valence-corrected chi connectivity index (χ4v) is 3.17. The molecule has 0 aliphatic heterocycles. The third kappa shape index (κ3) is 4.21. The van der Waals surface area contributed by atoms with Crippen molar-refractivity contribution in [2.75, 3.05) is 0 Å². The van der Waals surface area contributed by atoms with Crippen LogP contribution in [-0.2, 0) is 0 Å². The van der Waals surface area contributed by atoms with E-state index in [0.29, 0.717) is 0 Å². The Kier molecular flexibility index (Phi) is 5.16. The van der Waals surface area contributed by atoms with Crippen LogP contribution >= 0.6 is 0 Å². The summed E-state index contributed by atoms with van der Waals surface area (Å²) in [5.74, 6) is 0.959. The summed E-state index contributed by atoms with van der Waals surface area (Å²) >= 11 is 0. The molecule has 0 saturated carbocycles. The zero-order chi connectivity index (χ0) is 20.4. The van der Waals surface area contributed by atoms with Crippen molar-refractivity contribution in [2.24, 2.45) is 0 Å². The van der Waals surface area contributed by atoms with Crippen molar-refractivity contribution in [3.63, 3.8) is 0 Å². The lowest BCUT2D eigenvalue weighted by atomic mass is 10.1. The second-order valence-electron chi connectivity index (χ2n) is 6.88. The summed E-state index contributed by atoms with van der Waals surface area (Å²) in [5, 5.41) is 0. The second-order valence-corrected chi connectivity index (χ2v) is 6.88. The van der Waals surface area contributed by atoms with E-state index in [4.69, 9.17) is 4.74 Å². The maximum Gasteiger partial charge on any atom is 0.387 e. The monoisotopic (exact) mass is 394 g/mol. The number of hydrogen-bond donors (Lipinski definition) is 0. The number of fused-ring (bicyclic) bond motifs is 1. The van der Waals surface area contributed by atoms with E-state index in [0.717, 1.165) is 33.8 Å². The van der Waals surface area contributed by atoms with Crippen LogP contribution in [-0.4, -0.2) is 22.1 Å². The Bertz CT molecular complexity index is 1100. The summed E-state index contributed by atoms with van der Waals surface area (Å²) in [5.41, 5.74) is 4.64. The lowest BCUT2D eigenvalue weighted by Crippen LogP contribution is -2.05. The lowest BCUT2D eigenvalue weighted by Gasteiger charge is -2.10. The van der Waals surface area contributed by atoms with Gasteiger partial charge in [-0.05, 0) is 73.5 Å². The Morgan fingerprint density at radius 3 is 1.97 bits per heavy atom. The molecular formula is C23H20F2N2O2. The number of ether oxygens (including phenoxy) is 2. The highest BCUT2D eigenvalue weighted by molar-refractivity contribution is 5.69. The van der Waals surface area contributed by atoms with E-state index in [1.807, 2.05) is 67.0 Å². The van der Waals surface area contributed by atoms with Crippen LogP contribution in [0, 0.1) is 0 Å². The first-order chi connectivity index (χ1) is 14.0. The maximum atomic E-state index is 12.3. The van der Waals surface area contributed by atoms with Gasteiger partial charge in [0.2, 0.25) is 0 Å². The van der Waals surface area contributed by atoms with Crippen molar-refractivity contribution in [3.05, 3.63) is 73.1 Å². The highest BCUT2D eigenvalue weighted by atomic mass is 19.3. The molecule has 0 spiro atoms. The molecular weight excluding hydrogens is 374 g/mol. The van der Waals surface area contributed by atoms with Crippen molar-refractivity contribution >= 4 is 5.65 Å². The molecule has 0 radical (unpaired) electrons. The Balaban J connectivity index is 1.66. The van der Waals surface area contributed by atoms with Crippen LogP contribution in [0.25, 0.3) is 28.0 Å². The van der Waals surface area contributed by atoms with Gasteiger partial charge in [0.05, 0.1) is 18.0 Å². The molecule has 0 fully saturated rings. The minimum atomic E-state index is -2.83. The molecule has 0 aliphatic carbocycles. The lowest BCUT2D eigenvalue weighted by molar-refractivity contribution is -0.0498. The standard InChI is InChI=1S/C23H20F2N2O2/c1-15(2)28-19-10-5-17(6-11-19)21-13-26-22-12-7-18(14-27(21)22)16-3-8-20(9-4-16)29-23(24)25/h3-15,23H,1-2H3. The third-order valence-electron chi connectivity index (χ3n) is 4.44. The third-order valence-corrected chi connectivity index (χ3v) is 4.44. The molecule has 2 aromatic heterocycles. The van der Waals surface area contributed by atoms with Gasteiger partial charge in [-0.25, -0.2) is 4.98 Å². The van der Waals surface area contributed by atoms with Crippen LogP contribution in [0.1, 0.15) is 13.8 Å². The molecule has 0 amide bonds. The van der Waals surface area contributed by atoms with Gasteiger partial charge in [0.1, 0.15) is 17.1 Å². The number of alkyl halides is 2. The molecule has 0 aliphatic rings. The quantitative estimate of drug-likeness (QED) is 0.399. The molecule has 4 rings (SSSR count). The van der Waals surface area contributed by atoms with Gasteiger partial charge in [-0.3, -0.25) is 4.40 Å². The fourth-order valence-electron chi connectivity index (χ4n) is 3.17. The van der Waals surface area contributed by atoms with E-state index in [9.17, 15) is 8.78 Å².